The Bertz CT molecular complexity index is 1180. The monoisotopic (exact) mass is 437 g/mol. The fraction of sp³-hybridized carbons (Fsp3) is 0.273. The summed E-state index contributed by atoms with van der Waals surface area (Å²) in [6.07, 6.45) is 3.97. The summed E-state index contributed by atoms with van der Waals surface area (Å²) in [6, 6.07) is 10.2. The van der Waals surface area contributed by atoms with Gasteiger partial charge in [0, 0.05) is 45.2 Å². The van der Waals surface area contributed by atoms with Crippen molar-refractivity contribution in [3.63, 3.8) is 0 Å². The number of fused-ring (bicyclic) bond motifs is 1. The van der Waals surface area contributed by atoms with Crippen LogP contribution < -0.4 is 4.90 Å². The molecule has 1 saturated heterocycles. The van der Waals surface area contributed by atoms with E-state index in [-0.39, 0.29) is 11.7 Å². The summed E-state index contributed by atoms with van der Waals surface area (Å²) in [7, 11) is 0. The van der Waals surface area contributed by atoms with Crippen LogP contribution in [0.5, 0.6) is 0 Å². The molecule has 0 atom stereocenters. The van der Waals surface area contributed by atoms with Crippen molar-refractivity contribution >= 4 is 32.7 Å². The number of carbonyl (C=O) groups is 1. The zero-order chi connectivity index (χ0) is 21.2. The van der Waals surface area contributed by atoms with Gasteiger partial charge in [-0.25, -0.2) is 19.3 Å². The number of rotatable bonds is 5. The minimum atomic E-state index is -0.358. The molecule has 3 aromatic heterocycles. The molecule has 0 spiro atoms. The quantitative estimate of drug-likeness (QED) is 0.473. The van der Waals surface area contributed by atoms with Gasteiger partial charge >= 0.3 is 0 Å². The standard InChI is InChI=1S/C22H20FN5O2S/c23-16-5-2-1-4-15(16)18-14-25-19(30-18)7-8-20(29)27-10-12-28(13-11-27)22-26-17-6-3-9-24-21(17)31-22/h1-6,9,14H,7-8,10-13H2. The van der Waals surface area contributed by atoms with Crippen LogP contribution >= 0.6 is 11.3 Å². The molecule has 4 heterocycles. The van der Waals surface area contributed by atoms with Gasteiger partial charge in [-0.05, 0) is 24.3 Å². The molecule has 0 bridgehead atoms. The predicted octanol–water partition coefficient (Wildman–Crippen LogP) is 3.77. The second kappa shape index (κ2) is 8.43. The number of oxazole rings is 1. The lowest BCUT2D eigenvalue weighted by Gasteiger charge is -2.34. The van der Waals surface area contributed by atoms with E-state index in [1.165, 1.54) is 12.3 Å². The van der Waals surface area contributed by atoms with Crippen LogP contribution in [0.25, 0.3) is 21.7 Å². The van der Waals surface area contributed by atoms with Crippen LogP contribution in [0.15, 0.2) is 53.2 Å². The summed E-state index contributed by atoms with van der Waals surface area (Å²) < 4.78 is 19.5. The number of benzene rings is 1. The van der Waals surface area contributed by atoms with Crippen LogP contribution in [0.1, 0.15) is 12.3 Å². The Hall–Kier alpha value is -3.33. The van der Waals surface area contributed by atoms with E-state index < -0.39 is 0 Å². The Morgan fingerprint density at radius 2 is 1.94 bits per heavy atom. The first kappa shape index (κ1) is 19.6. The third kappa shape index (κ3) is 4.13. The van der Waals surface area contributed by atoms with E-state index in [4.69, 9.17) is 4.42 Å². The van der Waals surface area contributed by atoms with Gasteiger partial charge in [0.2, 0.25) is 5.91 Å². The minimum Gasteiger partial charge on any atom is -0.441 e. The number of amides is 1. The molecule has 1 aliphatic rings. The summed E-state index contributed by atoms with van der Waals surface area (Å²) in [6.45, 7) is 2.77. The average molecular weight is 438 g/mol. The zero-order valence-corrected chi connectivity index (χ0v) is 17.5. The number of thiazole rings is 1. The Morgan fingerprint density at radius 3 is 2.74 bits per heavy atom. The predicted molar refractivity (Wildman–Crippen MR) is 116 cm³/mol. The molecule has 0 saturated carbocycles. The number of hydrogen-bond acceptors (Lipinski definition) is 7. The molecule has 5 rings (SSSR count). The molecule has 1 amide bonds. The van der Waals surface area contributed by atoms with Gasteiger partial charge in [-0.3, -0.25) is 4.79 Å². The number of hydrogen-bond donors (Lipinski definition) is 0. The highest BCUT2D eigenvalue weighted by molar-refractivity contribution is 7.21. The highest BCUT2D eigenvalue weighted by Gasteiger charge is 2.23. The summed E-state index contributed by atoms with van der Waals surface area (Å²) in [5, 5.41) is 0.946. The molecular formula is C22H20FN5O2S. The molecule has 0 unspecified atom stereocenters. The summed E-state index contributed by atoms with van der Waals surface area (Å²) in [4.78, 5) is 30.8. The molecule has 0 N–H and O–H groups in total. The number of anilines is 1. The molecule has 1 fully saturated rings. The van der Waals surface area contributed by atoms with Gasteiger partial charge in [0.25, 0.3) is 0 Å². The van der Waals surface area contributed by atoms with Gasteiger partial charge in [0.05, 0.1) is 11.8 Å². The second-order valence-electron chi connectivity index (χ2n) is 7.29. The van der Waals surface area contributed by atoms with Crippen LogP contribution in [0.4, 0.5) is 9.52 Å². The van der Waals surface area contributed by atoms with E-state index in [1.807, 2.05) is 17.0 Å². The fourth-order valence-electron chi connectivity index (χ4n) is 3.62. The van der Waals surface area contributed by atoms with Crippen molar-refractivity contribution in [3.05, 3.63) is 60.5 Å². The normalized spacial score (nSPS) is 14.4. The van der Waals surface area contributed by atoms with E-state index in [0.717, 1.165) is 28.6 Å². The van der Waals surface area contributed by atoms with Crippen molar-refractivity contribution in [2.75, 3.05) is 31.1 Å². The van der Waals surface area contributed by atoms with Gasteiger partial charge in [0.15, 0.2) is 16.8 Å². The molecule has 158 valence electrons. The largest absolute Gasteiger partial charge is 0.441 e. The van der Waals surface area contributed by atoms with E-state index in [2.05, 4.69) is 19.9 Å². The van der Waals surface area contributed by atoms with Crippen LogP contribution in [-0.4, -0.2) is 51.9 Å². The van der Waals surface area contributed by atoms with Crippen molar-refractivity contribution < 1.29 is 13.6 Å². The van der Waals surface area contributed by atoms with Gasteiger partial charge in [-0.2, -0.15) is 0 Å². The van der Waals surface area contributed by atoms with E-state index in [9.17, 15) is 9.18 Å². The Kier molecular flexibility index (Phi) is 5.33. The van der Waals surface area contributed by atoms with Gasteiger partial charge in [0.1, 0.15) is 16.2 Å². The number of carbonyl (C=O) groups excluding carboxylic acids is 1. The topological polar surface area (TPSA) is 75.4 Å². The smallest absolute Gasteiger partial charge is 0.223 e. The first-order valence-corrected chi connectivity index (χ1v) is 10.9. The van der Waals surface area contributed by atoms with E-state index in [1.54, 1.807) is 35.7 Å². The third-order valence-electron chi connectivity index (χ3n) is 5.30. The number of piperazine rings is 1. The van der Waals surface area contributed by atoms with Crippen molar-refractivity contribution in [2.45, 2.75) is 12.8 Å². The fourth-order valence-corrected chi connectivity index (χ4v) is 4.58. The average Bonchev–Trinajstić information content (AvgIpc) is 3.45. The van der Waals surface area contributed by atoms with E-state index >= 15 is 0 Å². The molecule has 1 aromatic carbocycles. The number of nitrogens with zero attached hydrogens (tertiary/aromatic N) is 5. The molecule has 9 heteroatoms. The van der Waals surface area contributed by atoms with Crippen molar-refractivity contribution in [3.8, 4) is 11.3 Å². The van der Waals surface area contributed by atoms with Gasteiger partial charge < -0.3 is 14.2 Å². The number of pyridine rings is 1. The summed E-state index contributed by atoms with van der Waals surface area (Å²) in [5.74, 6) is 0.519. The van der Waals surface area contributed by atoms with Crippen molar-refractivity contribution in [1.29, 1.82) is 0 Å². The van der Waals surface area contributed by atoms with Crippen LogP contribution in [0.2, 0.25) is 0 Å². The Morgan fingerprint density at radius 1 is 1.10 bits per heavy atom. The maximum atomic E-state index is 13.9. The maximum Gasteiger partial charge on any atom is 0.223 e. The minimum absolute atomic E-state index is 0.0660. The molecule has 0 radical (unpaired) electrons. The molecule has 4 aromatic rings. The Balaban J connectivity index is 1.15. The number of aryl methyl sites for hydroxylation is 1. The molecule has 1 aliphatic heterocycles. The maximum absolute atomic E-state index is 13.9. The highest BCUT2D eigenvalue weighted by Crippen LogP contribution is 2.28. The molecule has 31 heavy (non-hydrogen) atoms. The van der Waals surface area contributed by atoms with Crippen molar-refractivity contribution in [1.82, 2.24) is 19.9 Å². The third-order valence-corrected chi connectivity index (χ3v) is 6.34. The second-order valence-corrected chi connectivity index (χ2v) is 8.25. The van der Waals surface area contributed by atoms with Crippen LogP contribution in [0.3, 0.4) is 0 Å². The van der Waals surface area contributed by atoms with Crippen molar-refractivity contribution in [2.24, 2.45) is 0 Å². The van der Waals surface area contributed by atoms with Crippen LogP contribution in [0, 0.1) is 5.82 Å². The Labute approximate surface area is 182 Å². The first-order chi connectivity index (χ1) is 15.2. The van der Waals surface area contributed by atoms with Crippen LogP contribution in [-0.2, 0) is 11.2 Å². The number of aromatic nitrogens is 3. The first-order valence-electron chi connectivity index (χ1n) is 10.1. The molecule has 7 nitrogen and oxygen atoms in total. The van der Waals surface area contributed by atoms with Gasteiger partial charge in [-0.15, -0.1) is 0 Å². The lowest BCUT2D eigenvalue weighted by atomic mass is 10.2. The lowest BCUT2D eigenvalue weighted by Crippen LogP contribution is -2.48. The molecule has 0 aliphatic carbocycles. The lowest BCUT2D eigenvalue weighted by molar-refractivity contribution is -0.131. The van der Waals surface area contributed by atoms with E-state index in [0.29, 0.717) is 43.1 Å². The molecular weight excluding hydrogens is 417 g/mol. The summed E-state index contributed by atoms with van der Waals surface area (Å²) in [5.41, 5.74) is 1.27. The zero-order valence-electron chi connectivity index (χ0n) is 16.7. The van der Waals surface area contributed by atoms with Gasteiger partial charge in [-0.1, -0.05) is 23.5 Å². The number of halogens is 1. The highest BCUT2D eigenvalue weighted by atomic mass is 32.1. The summed E-state index contributed by atoms with van der Waals surface area (Å²) >= 11 is 1.58. The SMILES string of the molecule is O=C(CCc1ncc(-c2ccccc2F)o1)N1CCN(c2nc3cccnc3s2)CC1.